The third kappa shape index (κ3) is 5.61. The molecule has 1 aliphatic rings. The number of hydrogen-bond acceptors (Lipinski definition) is 9. The molecule has 0 spiro atoms. The standard InChI is InChI=1S/C20H29N7O3P4/c1-2-12-13(26-25-11(20(28)31)8-10-6-4-3-5-7-10)15(30-34)16(29-12)18-23-14-17(24-18)21-9-22-19(14)27(32)33/h3-7,9,11-13,15-16,25-26H,2,8,31-34H2,1H3,(H,21,22,23,24)/t11-,12?,13?,15?,16?/m1/s1. The number of hydrogen-bond donors (Lipinski definition) is 3. The first kappa shape index (κ1) is 25.9. The van der Waals surface area contributed by atoms with Crippen molar-refractivity contribution in [1.82, 2.24) is 30.8 Å². The zero-order valence-corrected chi connectivity index (χ0v) is 23.2. The van der Waals surface area contributed by atoms with Crippen molar-refractivity contribution in [2.24, 2.45) is 0 Å². The van der Waals surface area contributed by atoms with Crippen LogP contribution in [0.2, 0.25) is 0 Å². The van der Waals surface area contributed by atoms with Crippen molar-refractivity contribution < 1.29 is 14.1 Å². The lowest BCUT2D eigenvalue weighted by Crippen LogP contribution is -2.55. The molecule has 0 aliphatic carbocycles. The lowest BCUT2D eigenvalue weighted by Gasteiger charge is -2.26. The van der Waals surface area contributed by atoms with Gasteiger partial charge in [0.2, 0.25) is 0 Å². The fourth-order valence-corrected chi connectivity index (χ4v) is 4.99. The lowest BCUT2D eigenvalue weighted by molar-refractivity contribution is -0.113. The van der Waals surface area contributed by atoms with Crippen molar-refractivity contribution in [1.29, 1.82) is 0 Å². The van der Waals surface area contributed by atoms with E-state index in [1.165, 1.54) is 6.33 Å². The number of nitrogens with zero attached hydrogens (tertiary/aromatic N) is 4. The summed E-state index contributed by atoms with van der Waals surface area (Å²) in [6, 6.07) is 9.24. The van der Waals surface area contributed by atoms with E-state index in [0.29, 0.717) is 29.2 Å². The Hall–Kier alpha value is -1.20. The molecule has 8 unspecified atom stereocenters. The third-order valence-electron chi connectivity index (χ3n) is 5.78. The number of nitrogens with one attached hydrogen (secondary N) is 3. The molecule has 0 saturated carbocycles. The SMILES string of the molecule is CCC1OC(c2nc3ncnc(N(P)P)c3[nH]2)C(OP)C1NN[C@H](Cc1ccccc1)C(=O)P. The van der Waals surface area contributed by atoms with Gasteiger partial charge >= 0.3 is 0 Å². The van der Waals surface area contributed by atoms with Crippen LogP contribution in [0.15, 0.2) is 36.7 Å². The quantitative estimate of drug-likeness (QED) is 0.264. The lowest BCUT2D eigenvalue weighted by atomic mass is 10.0. The molecule has 9 atom stereocenters. The molecule has 3 aromatic rings. The summed E-state index contributed by atoms with van der Waals surface area (Å²) in [4.78, 5) is 28.8. The van der Waals surface area contributed by atoms with Gasteiger partial charge in [-0.3, -0.25) is 4.79 Å². The summed E-state index contributed by atoms with van der Waals surface area (Å²) in [6.45, 7) is 2.05. The highest BCUT2D eigenvalue weighted by atomic mass is 31.1. The predicted octanol–water partition coefficient (Wildman–Crippen LogP) is 2.24. The van der Waals surface area contributed by atoms with Crippen LogP contribution in [0.5, 0.6) is 0 Å². The Kier molecular flexibility index (Phi) is 8.90. The van der Waals surface area contributed by atoms with E-state index in [2.05, 4.69) is 68.3 Å². The Labute approximate surface area is 207 Å². The first-order valence-corrected chi connectivity index (χ1v) is 12.9. The van der Waals surface area contributed by atoms with Crippen molar-refractivity contribution in [2.75, 3.05) is 4.44 Å². The van der Waals surface area contributed by atoms with E-state index in [0.717, 1.165) is 12.0 Å². The van der Waals surface area contributed by atoms with Crippen molar-refractivity contribution in [3.63, 3.8) is 0 Å². The highest BCUT2D eigenvalue weighted by Crippen LogP contribution is 2.38. The number of fused-ring (bicyclic) bond motifs is 1. The van der Waals surface area contributed by atoms with E-state index in [4.69, 9.17) is 9.26 Å². The van der Waals surface area contributed by atoms with Crippen LogP contribution in [0.1, 0.15) is 30.8 Å². The number of hydrazine groups is 1. The van der Waals surface area contributed by atoms with Crippen molar-refractivity contribution in [3.8, 4) is 0 Å². The molecule has 0 amide bonds. The van der Waals surface area contributed by atoms with Gasteiger partial charge in [0.1, 0.15) is 29.9 Å². The van der Waals surface area contributed by atoms with Crippen LogP contribution in [0.25, 0.3) is 11.2 Å². The average Bonchev–Trinajstić information content (AvgIpc) is 3.42. The number of aromatic nitrogens is 4. The normalized spacial score (nSPS) is 23.3. The van der Waals surface area contributed by atoms with Crippen molar-refractivity contribution in [3.05, 3.63) is 48.0 Å². The molecular formula is C20H29N7O3P4. The molecule has 0 radical (unpaired) electrons. The summed E-state index contributed by atoms with van der Waals surface area (Å²) in [7, 11) is 9.68. The number of aromatic amines is 1. The highest BCUT2D eigenvalue weighted by Gasteiger charge is 2.46. The molecule has 14 heteroatoms. The molecule has 34 heavy (non-hydrogen) atoms. The topological polar surface area (TPSA) is 117 Å². The zero-order valence-electron chi connectivity index (χ0n) is 18.6. The Morgan fingerprint density at radius 1 is 1.29 bits per heavy atom. The number of H-pyrrole nitrogens is 1. The summed E-state index contributed by atoms with van der Waals surface area (Å²) in [6.07, 6.45) is 1.75. The van der Waals surface area contributed by atoms with Gasteiger partial charge in [-0.1, -0.05) is 46.5 Å². The second kappa shape index (κ2) is 11.7. The van der Waals surface area contributed by atoms with Crippen LogP contribution in [0, 0.1) is 0 Å². The van der Waals surface area contributed by atoms with E-state index in [-0.39, 0.29) is 23.8 Å². The van der Waals surface area contributed by atoms with Crippen LogP contribution in [0.3, 0.4) is 0 Å². The number of ether oxygens (including phenoxy) is 1. The van der Waals surface area contributed by atoms with Crippen LogP contribution in [-0.2, 0) is 20.5 Å². The van der Waals surface area contributed by atoms with E-state index < -0.39 is 12.1 Å². The van der Waals surface area contributed by atoms with Crippen LogP contribution in [0.4, 0.5) is 5.82 Å². The molecule has 1 saturated heterocycles. The van der Waals surface area contributed by atoms with Gasteiger partial charge in [0.05, 0.1) is 18.2 Å². The third-order valence-corrected chi connectivity index (χ3v) is 6.99. The minimum Gasteiger partial charge on any atom is -0.362 e. The summed E-state index contributed by atoms with van der Waals surface area (Å²) >= 11 is 0. The van der Waals surface area contributed by atoms with Gasteiger partial charge in [-0.15, -0.1) is 0 Å². The van der Waals surface area contributed by atoms with Gasteiger partial charge in [0, 0.05) is 9.47 Å². The number of carbonyl (C=O) groups is 1. The number of anilines is 1. The Morgan fingerprint density at radius 3 is 2.71 bits per heavy atom. The molecule has 182 valence electrons. The van der Waals surface area contributed by atoms with Gasteiger partial charge in [-0.2, -0.15) is 0 Å². The second-order valence-corrected chi connectivity index (χ2v) is 10.5. The Morgan fingerprint density at radius 2 is 2.06 bits per heavy atom. The first-order chi connectivity index (χ1) is 16.4. The minimum atomic E-state index is -0.467. The van der Waals surface area contributed by atoms with Gasteiger partial charge in [-0.25, -0.2) is 25.8 Å². The van der Waals surface area contributed by atoms with Gasteiger partial charge in [-0.05, 0) is 37.2 Å². The van der Waals surface area contributed by atoms with E-state index >= 15 is 0 Å². The molecule has 10 nitrogen and oxygen atoms in total. The minimum absolute atomic E-state index is 0.0361. The van der Waals surface area contributed by atoms with Crippen LogP contribution >= 0.6 is 37.5 Å². The Bertz CT molecular complexity index is 1120. The van der Waals surface area contributed by atoms with E-state index in [1.54, 1.807) is 4.44 Å². The number of rotatable bonds is 10. The van der Waals surface area contributed by atoms with E-state index in [9.17, 15) is 4.79 Å². The summed E-state index contributed by atoms with van der Waals surface area (Å²) in [5.41, 5.74) is 8.80. The first-order valence-electron chi connectivity index (χ1n) is 10.8. The molecule has 3 N–H and O–H groups in total. The van der Waals surface area contributed by atoms with Crippen molar-refractivity contribution in [2.45, 2.75) is 50.2 Å². The molecule has 3 heterocycles. The summed E-state index contributed by atoms with van der Waals surface area (Å²) < 4.78 is 13.9. The molecule has 2 aromatic heterocycles. The number of imidazole rings is 1. The predicted molar refractivity (Wildman–Crippen MR) is 145 cm³/mol. The van der Waals surface area contributed by atoms with Gasteiger partial charge in [0.25, 0.3) is 0 Å². The van der Waals surface area contributed by atoms with E-state index in [1.807, 2.05) is 37.3 Å². The van der Waals surface area contributed by atoms with Crippen molar-refractivity contribution >= 4 is 60.0 Å². The fourth-order valence-electron chi connectivity index (χ4n) is 4.09. The molecule has 4 rings (SSSR count). The maximum atomic E-state index is 12.3. The Balaban J connectivity index is 1.54. The van der Waals surface area contributed by atoms with Crippen LogP contribution in [-0.4, -0.2) is 49.8 Å². The largest absolute Gasteiger partial charge is 0.362 e. The fraction of sp³-hybridized carbons (Fsp3) is 0.400. The number of benzene rings is 1. The zero-order chi connectivity index (χ0) is 24.2. The number of carbonyl (C=O) groups excluding carboxylic acids is 1. The van der Waals surface area contributed by atoms with Gasteiger partial charge in [0.15, 0.2) is 17.0 Å². The summed E-state index contributed by atoms with van der Waals surface area (Å²) in [5, 5.41) is 0. The molecule has 1 aliphatic heterocycles. The smallest absolute Gasteiger partial charge is 0.183 e. The summed E-state index contributed by atoms with van der Waals surface area (Å²) in [5.74, 6) is 1.28. The molecule has 1 fully saturated rings. The maximum absolute atomic E-state index is 12.3. The van der Waals surface area contributed by atoms with Crippen LogP contribution < -0.4 is 15.3 Å². The highest BCUT2D eigenvalue weighted by molar-refractivity contribution is 7.40. The van der Waals surface area contributed by atoms with Gasteiger partial charge < -0.3 is 18.7 Å². The monoisotopic (exact) mass is 539 g/mol. The average molecular weight is 539 g/mol. The molecule has 1 aromatic carbocycles. The molecule has 0 bridgehead atoms. The second-order valence-electron chi connectivity index (χ2n) is 7.99. The maximum Gasteiger partial charge on any atom is 0.183 e. The molecular weight excluding hydrogens is 510 g/mol.